The number of nitrogens with zero attached hydrogens (tertiary/aromatic N) is 8. The molecule has 54 heavy (non-hydrogen) atoms. The molecular weight excluding hydrogens is 1050 g/mol. The SMILES string of the molecule is O=C(Nc1cccc(Sn2ncnn2)c1)c1ccccc1S(=O)(=O)[O-].O=C(Nc1cccc(Sn2ncnn2)c1)c1ccccc1S(=O)(=O)[O-].[Au+].[K+].[K+].[K+]. The van der Waals surface area contributed by atoms with E-state index in [0.29, 0.717) is 11.4 Å². The Morgan fingerprint density at radius 2 is 0.944 bits per heavy atom. The zero-order valence-electron chi connectivity index (χ0n) is 28.2. The van der Waals surface area contributed by atoms with Crippen LogP contribution in [-0.2, 0) is 42.6 Å². The molecule has 266 valence electrons. The third-order valence-electron chi connectivity index (χ3n) is 6.02. The number of carbonyl (C=O) groups is 2. The Kier molecular flexibility index (Phi) is 24.1. The summed E-state index contributed by atoms with van der Waals surface area (Å²) in [6.45, 7) is 0. The van der Waals surface area contributed by atoms with Crippen molar-refractivity contribution in [1.82, 2.24) is 39.2 Å². The number of rotatable bonds is 10. The summed E-state index contributed by atoms with van der Waals surface area (Å²) in [5.74, 6) is -1.40. The van der Waals surface area contributed by atoms with E-state index in [9.17, 15) is 35.5 Å². The minimum absolute atomic E-state index is 0. The van der Waals surface area contributed by atoms with Gasteiger partial charge in [0.15, 0.2) is 12.7 Å². The van der Waals surface area contributed by atoms with Crippen LogP contribution in [-0.4, -0.2) is 77.0 Å². The Hall–Kier alpha value is 0.129. The molecule has 0 unspecified atom stereocenters. The molecule has 2 N–H and O–H groups in total. The van der Waals surface area contributed by atoms with Crippen molar-refractivity contribution in [2.45, 2.75) is 19.6 Å². The third kappa shape index (κ3) is 16.1. The van der Waals surface area contributed by atoms with Crippen molar-refractivity contribution in [1.29, 1.82) is 0 Å². The summed E-state index contributed by atoms with van der Waals surface area (Å²) in [7, 11) is -9.51. The van der Waals surface area contributed by atoms with Crippen LogP contribution in [0.2, 0.25) is 0 Å². The van der Waals surface area contributed by atoms with Gasteiger partial charge in [0.2, 0.25) is 0 Å². The maximum Gasteiger partial charge on any atom is 1.00 e. The molecule has 0 aliphatic carbocycles. The van der Waals surface area contributed by atoms with E-state index >= 15 is 0 Å². The predicted octanol–water partition coefficient (Wildman–Crippen LogP) is -6.22. The quantitative estimate of drug-likeness (QED) is 0.0956. The number of hydrogen-bond acceptors (Lipinski definition) is 16. The maximum absolute atomic E-state index is 12.3. The summed E-state index contributed by atoms with van der Waals surface area (Å²) >= 11 is 2.35. The van der Waals surface area contributed by atoms with Crippen LogP contribution in [0.1, 0.15) is 20.7 Å². The molecule has 0 saturated carbocycles. The van der Waals surface area contributed by atoms with Crippen LogP contribution < -0.4 is 165 Å². The van der Waals surface area contributed by atoms with Crippen molar-refractivity contribution >= 4 is 67.3 Å². The van der Waals surface area contributed by atoms with Gasteiger partial charge in [-0.25, -0.2) is 16.8 Å². The molecule has 0 fully saturated rings. The van der Waals surface area contributed by atoms with Gasteiger partial charge in [-0.15, -0.1) is 20.4 Å². The molecule has 0 saturated heterocycles. The molecule has 6 rings (SSSR count). The second kappa shape index (κ2) is 24.9. The van der Waals surface area contributed by atoms with E-state index in [-0.39, 0.29) is 188 Å². The van der Waals surface area contributed by atoms with E-state index in [1.54, 1.807) is 48.5 Å². The van der Waals surface area contributed by atoms with E-state index in [2.05, 4.69) is 41.5 Å². The van der Waals surface area contributed by atoms with Gasteiger partial charge in [-0.3, -0.25) is 9.59 Å². The third-order valence-corrected chi connectivity index (χ3v) is 9.40. The Labute approximate surface area is 460 Å². The first kappa shape index (κ1) is 52.1. The van der Waals surface area contributed by atoms with Crippen molar-refractivity contribution in [3.05, 3.63) is 121 Å². The summed E-state index contributed by atoms with van der Waals surface area (Å²) in [6, 6.07) is 24.0. The van der Waals surface area contributed by atoms with Crippen LogP contribution in [0.25, 0.3) is 0 Å². The molecule has 0 atom stereocenters. The van der Waals surface area contributed by atoms with Crippen LogP contribution >= 0.6 is 23.9 Å². The summed E-state index contributed by atoms with van der Waals surface area (Å²) in [6.07, 6.45) is 2.58. The molecule has 2 amide bonds. The molecule has 0 spiro atoms. The molecule has 0 bridgehead atoms. The zero-order chi connectivity index (χ0) is 35.7. The van der Waals surface area contributed by atoms with Crippen molar-refractivity contribution < 1.29 is 212 Å². The number of amides is 2. The van der Waals surface area contributed by atoms with E-state index < -0.39 is 41.8 Å². The average molecular weight is 1070 g/mol. The Balaban J connectivity index is 0.000000503. The number of aromatic nitrogens is 8. The van der Waals surface area contributed by atoms with E-state index in [0.717, 1.165) is 21.9 Å². The summed E-state index contributed by atoms with van der Waals surface area (Å²) < 4.78 is 70.3. The molecule has 4 aromatic carbocycles. The van der Waals surface area contributed by atoms with E-state index in [1.807, 2.05) is 0 Å². The van der Waals surface area contributed by atoms with E-state index in [1.165, 1.54) is 81.4 Å². The molecule has 0 radical (unpaired) electrons. The fourth-order valence-electron chi connectivity index (χ4n) is 3.99. The van der Waals surface area contributed by atoms with Crippen LogP contribution in [0.4, 0.5) is 11.4 Å². The number of anilines is 2. The zero-order valence-corrected chi connectivity index (χ0v) is 43.0. The maximum atomic E-state index is 12.3. The van der Waals surface area contributed by atoms with Crippen molar-refractivity contribution in [3.8, 4) is 0 Å². The fraction of sp³-hybridized carbons (Fsp3) is 0. The van der Waals surface area contributed by atoms with Gasteiger partial charge < -0.3 is 19.7 Å². The smallest absolute Gasteiger partial charge is 0.744 e. The molecule has 2 aromatic heterocycles. The van der Waals surface area contributed by atoms with Gasteiger partial charge >= 0.3 is 177 Å². The largest absolute Gasteiger partial charge is 1.00 e. The Bertz CT molecular complexity index is 2200. The first-order valence-corrected chi connectivity index (χ1v) is 18.0. The van der Waals surface area contributed by atoms with Crippen molar-refractivity contribution in [3.63, 3.8) is 0 Å². The second-order valence-electron chi connectivity index (χ2n) is 9.42. The molecular formula is C28H20AuK3N10O8S4+2. The fourth-order valence-corrected chi connectivity index (χ4v) is 6.69. The molecule has 18 nitrogen and oxygen atoms in total. The van der Waals surface area contributed by atoms with Gasteiger partial charge in [-0.1, -0.05) is 44.8 Å². The van der Waals surface area contributed by atoms with Gasteiger partial charge in [-0.05, 0) is 71.1 Å². The minimum atomic E-state index is -4.75. The molecule has 6 aromatic rings. The van der Waals surface area contributed by atoms with Crippen molar-refractivity contribution in [2.24, 2.45) is 0 Å². The van der Waals surface area contributed by atoms with Crippen LogP contribution in [0, 0.1) is 0 Å². The summed E-state index contributed by atoms with van der Waals surface area (Å²) in [5, 5.41) is 27.5. The number of benzene rings is 4. The van der Waals surface area contributed by atoms with Crippen LogP contribution in [0.5, 0.6) is 0 Å². The van der Waals surface area contributed by atoms with Gasteiger partial charge in [0.05, 0.1) is 20.9 Å². The normalized spacial score (nSPS) is 10.4. The summed E-state index contributed by atoms with van der Waals surface area (Å²) in [4.78, 5) is 25.0. The average Bonchev–Trinajstić information content (AvgIpc) is 3.79. The monoisotopic (exact) mass is 1070 g/mol. The predicted molar refractivity (Wildman–Crippen MR) is 176 cm³/mol. The van der Waals surface area contributed by atoms with Crippen molar-refractivity contribution in [2.75, 3.05) is 10.6 Å². The molecule has 0 aliphatic heterocycles. The Morgan fingerprint density at radius 1 is 0.574 bits per heavy atom. The first-order valence-electron chi connectivity index (χ1n) is 13.6. The number of nitrogens with one attached hydrogen (secondary N) is 2. The minimum Gasteiger partial charge on any atom is -0.744 e. The van der Waals surface area contributed by atoms with Gasteiger partial charge in [0, 0.05) is 45.1 Å². The first-order chi connectivity index (χ1) is 23.9. The molecule has 0 aliphatic rings. The Morgan fingerprint density at radius 3 is 1.28 bits per heavy atom. The van der Waals surface area contributed by atoms with Crippen LogP contribution in [0.15, 0.2) is 129 Å². The van der Waals surface area contributed by atoms with E-state index in [4.69, 9.17) is 0 Å². The van der Waals surface area contributed by atoms with Gasteiger partial charge in [0.25, 0.3) is 11.8 Å². The topological polar surface area (TPSA) is 260 Å². The molecule has 2 heterocycles. The standard InChI is InChI=1S/2C14H11N5O4S2.Au.3K/c2*20-14(12-6-1-2-7-13(12)25(21,22)23)17-10-4-3-5-11(8-10)24-19-16-9-15-18-19;;;;/h2*1-9H,(H,17,20)(H,21,22,23);;;;/q;;4*+1/p-2. The number of hydrogen-bond donors (Lipinski definition) is 2. The number of carbonyl (C=O) groups excluding carboxylic acids is 2. The van der Waals surface area contributed by atoms with Crippen LogP contribution in [0.3, 0.4) is 0 Å². The second-order valence-corrected chi connectivity index (χ2v) is 14.1. The summed E-state index contributed by atoms with van der Waals surface area (Å²) in [5.41, 5.74) is 0.420. The number of tetrazole rings is 2. The van der Waals surface area contributed by atoms with Gasteiger partial charge in [0.1, 0.15) is 20.2 Å². The van der Waals surface area contributed by atoms with Gasteiger partial charge in [-0.2, -0.15) is 0 Å². The molecule has 26 heteroatoms.